The van der Waals surface area contributed by atoms with Crippen LogP contribution < -0.4 is 10.6 Å². The summed E-state index contributed by atoms with van der Waals surface area (Å²) in [5.41, 5.74) is -5.52. The molecule has 3 fully saturated rings. The molecule has 69 heavy (non-hydrogen) atoms. The van der Waals surface area contributed by atoms with E-state index in [9.17, 15) is 44.1 Å². The zero-order valence-corrected chi connectivity index (χ0v) is 43.5. The van der Waals surface area contributed by atoms with E-state index in [0.717, 1.165) is 17.8 Å². The smallest absolute Gasteiger partial charge is 0.329 e. The summed E-state index contributed by atoms with van der Waals surface area (Å²) < 4.78 is 22.6. The van der Waals surface area contributed by atoms with Crippen molar-refractivity contribution < 1.29 is 53.2 Å². The van der Waals surface area contributed by atoms with Crippen molar-refractivity contribution in [2.45, 2.75) is 167 Å². The van der Waals surface area contributed by atoms with Crippen molar-refractivity contribution in [2.75, 3.05) is 18.1 Å². The van der Waals surface area contributed by atoms with Crippen LogP contribution in [0.15, 0.2) is 46.3 Å². The molecule has 3 saturated carbocycles. The predicted octanol–water partition coefficient (Wildman–Crippen LogP) is 6.93. The fourth-order valence-corrected chi connectivity index (χ4v) is 14.2. The number of cyclic esters (lactones) is 1. The first-order chi connectivity index (χ1) is 32.6. The maximum Gasteiger partial charge on any atom is 0.329 e. The summed E-state index contributed by atoms with van der Waals surface area (Å²) in [7, 11) is 0. The van der Waals surface area contributed by atoms with Crippen molar-refractivity contribution >= 4 is 74.4 Å². The zero-order valence-electron chi connectivity index (χ0n) is 41.0. The number of alkyl halides is 1. The highest BCUT2D eigenvalue weighted by atomic mass is 32.2. The minimum Gasteiger partial charge on any atom is -0.456 e. The van der Waals surface area contributed by atoms with Crippen LogP contribution in [0, 0.1) is 34.5 Å². The molecule has 11 atom stereocenters. The van der Waals surface area contributed by atoms with Crippen LogP contribution in [0.25, 0.3) is 0 Å². The van der Waals surface area contributed by atoms with Crippen molar-refractivity contribution in [3.8, 4) is 0 Å². The van der Waals surface area contributed by atoms with E-state index in [1.807, 2.05) is 25.3 Å². The molecule has 4 aliphatic carbocycles. The standard InChI is InChI=1S/C29H42N4O5S3.C22H29FO5/c1-5-6-7-8-9-13-24(35)39-14-11-10-12-20-15-22(34)30-16-23-31-21(17-40-23)26-33-29(4,18-41-26)28(37)32-25(19(2)3)27(36)38-20;1-12-8-16-15-5-4-13-9-14(25)6-7-19(13,2)21(15,23)17(26)10-20(16,3)22(12,28)18(27)11-24/h10,12,17,19-20,25H,5-9,11,13-16,18H2,1-4H3,(H,30,34)(H,32,37);6-7,9,12,15-17,24,26,28H,4-5,8,10-11H2,1-3H3/b12-10+;/t20-,25+,29+;12-,15+,16+,17+,19+,20+,21+,22+/m11/s1. The summed E-state index contributed by atoms with van der Waals surface area (Å²) in [5, 5.41) is 41.1. The highest BCUT2D eigenvalue weighted by Gasteiger charge is 2.75. The number of esters is 1. The lowest BCUT2D eigenvalue weighted by molar-refractivity contribution is -0.219. The van der Waals surface area contributed by atoms with Crippen LogP contribution in [0.2, 0.25) is 0 Å². The number of aliphatic hydroxyl groups excluding tert-OH is 2. The van der Waals surface area contributed by atoms with E-state index >= 15 is 4.39 Å². The number of hydrogen-bond acceptors (Lipinski definition) is 15. The Morgan fingerprint density at radius 3 is 2.55 bits per heavy atom. The molecule has 0 spiro atoms. The lowest BCUT2D eigenvalue weighted by atomic mass is 9.44. The Morgan fingerprint density at radius 2 is 1.84 bits per heavy atom. The number of unbranched alkanes of at least 4 members (excludes halogenated alkanes) is 4. The number of thioether (sulfide) groups is 2. The van der Waals surface area contributed by atoms with Crippen molar-refractivity contribution in [3.05, 3.63) is 52.0 Å². The van der Waals surface area contributed by atoms with Crippen LogP contribution in [-0.2, 0) is 40.0 Å². The first-order valence-corrected chi connectivity index (χ1v) is 27.4. The van der Waals surface area contributed by atoms with E-state index in [4.69, 9.17) is 4.74 Å². The number of rotatable bonds is 13. The predicted molar refractivity (Wildman–Crippen MR) is 267 cm³/mol. The molecule has 1 aromatic rings. The van der Waals surface area contributed by atoms with Crippen molar-refractivity contribution in [1.29, 1.82) is 0 Å². The molecule has 6 aliphatic rings. The van der Waals surface area contributed by atoms with Gasteiger partial charge in [-0.1, -0.05) is 89.8 Å². The second-order valence-corrected chi connectivity index (χ2v) is 23.7. The number of halogens is 1. The number of hydrogen-bond donors (Lipinski definition) is 5. The van der Waals surface area contributed by atoms with Gasteiger partial charge in [0.2, 0.25) is 11.8 Å². The second-order valence-electron chi connectivity index (χ2n) is 20.6. The van der Waals surface area contributed by atoms with Crippen molar-refractivity contribution in [3.63, 3.8) is 0 Å². The number of allylic oxidation sites excluding steroid dienone is 5. The molecule has 1 aromatic heterocycles. The van der Waals surface area contributed by atoms with Crippen LogP contribution in [-0.4, -0.2) is 113 Å². The Kier molecular flexibility index (Phi) is 17.8. The molecular weight excluding hydrogens is 944 g/mol. The number of thiazole rings is 1. The zero-order chi connectivity index (χ0) is 50.5. The quantitative estimate of drug-likeness (QED) is 0.0770. The number of aromatic nitrogens is 1. The third-order valence-corrected chi connectivity index (χ3v) is 18.7. The van der Waals surface area contributed by atoms with E-state index in [1.165, 1.54) is 66.3 Å². The third kappa shape index (κ3) is 11.1. The van der Waals surface area contributed by atoms with Crippen LogP contribution in [0.3, 0.4) is 0 Å². The van der Waals surface area contributed by atoms with E-state index in [0.29, 0.717) is 59.9 Å². The molecule has 0 aromatic carbocycles. The molecule has 5 N–H and O–H groups in total. The second kappa shape index (κ2) is 22.5. The van der Waals surface area contributed by atoms with Gasteiger partial charge in [-0.15, -0.1) is 23.1 Å². The van der Waals surface area contributed by atoms with Gasteiger partial charge in [-0.25, -0.2) is 14.2 Å². The maximum absolute atomic E-state index is 16.9. The topological polar surface area (TPSA) is 222 Å². The number of aliphatic hydroxyl groups is 3. The van der Waals surface area contributed by atoms with Crippen molar-refractivity contribution in [1.82, 2.24) is 15.6 Å². The molecule has 0 unspecified atom stereocenters. The summed E-state index contributed by atoms with van der Waals surface area (Å²) in [6.45, 7) is 12.3. The molecule has 7 rings (SSSR count). The fraction of sp³-hybridized carbons (Fsp3) is 0.686. The van der Waals surface area contributed by atoms with Crippen LogP contribution >= 0.6 is 34.9 Å². The molecule has 14 nitrogen and oxygen atoms in total. The summed E-state index contributed by atoms with van der Waals surface area (Å²) in [5.74, 6) is -2.54. The van der Waals surface area contributed by atoms with Gasteiger partial charge in [-0.05, 0) is 88.4 Å². The first kappa shape index (κ1) is 54.8. The number of aliphatic imine (C=N–C) groups is 1. The Labute approximate surface area is 418 Å². The fourth-order valence-electron chi connectivity index (χ4n) is 11.5. The molecular formula is C51H71FN4O10S3. The number of amides is 2. The number of nitrogens with one attached hydrogen (secondary N) is 2. The Balaban J connectivity index is 0.000000242. The molecule has 4 bridgehead atoms. The molecule has 18 heteroatoms. The monoisotopic (exact) mass is 1010 g/mol. The van der Waals surface area contributed by atoms with Crippen LogP contribution in [0.1, 0.15) is 136 Å². The van der Waals surface area contributed by atoms with Gasteiger partial charge >= 0.3 is 5.97 Å². The van der Waals surface area contributed by atoms with Gasteiger partial charge in [-0.3, -0.25) is 29.0 Å². The summed E-state index contributed by atoms with van der Waals surface area (Å²) >= 11 is 4.18. The molecule has 2 amide bonds. The lowest BCUT2D eigenvalue weighted by Crippen LogP contribution is -2.69. The summed E-state index contributed by atoms with van der Waals surface area (Å²) in [6, 6.07) is -0.896. The van der Waals surface area contributed by atoms with Gasteiger partial charge in [0.05, 0.1) is 19.1 Å². The van der Waals surface area contributed by atoms with Gasteiger partial charge in [0.25, 0.3) is 0 Å². The van der Waals surface area contributed by atoms with E-state index < -0.39 is 76.1 Å². The lowest BCUT2D eigenvalue weighted by Gasteiger charge is -2.62. The van der Waals surface area contributed by atoms with E-state index in [1.54, 1.807) is 39.8 Å². The highest BCUT2D eigenvalue weighted by Crippen LogP contribution is 2.70. The number of ether oxygens (including phenoxy) is 1. The number of fused-ring (bicyclic) bond motifs is 9. The molecule has 0 saturated heterocycles. The summed E-state index contributed by atoms with van der Waals surface area (Å²) in [4.78, 5) is 85.1. The molecule has 380 valence electrons. The first-order valence-electron chi connectivity index (χ1n) is 24.5. The van der Waals surface area contributed by atoms with Gasteiger partial charge in [-0.2, -0.15) is 0 Å². The van der Waals surface area contributed by atoms with Gasteiger partial charge in [0.15, 0.2) is 22.4 Å². The van der Waals surface area contributed by atoms with Crippen LogP contribution in [0.4, 0.5) is 4.39 Å². The SMILES string of the molecule is CCCCCCCC(=O)SCC/C=C/[C@@H]1CC(=O)NCc2nc(cs2)C2=N[C@@](C)(CS2)C(=O)N[C@@H](C(C)C)C(=O)O1.C[C@@H]1C[C@H]2[C@@H]3CCC4=CC(=O)C=C[C@]4(C)[C@@]3(F)[C@@H](O)C[C@]2(C)[C@@]1(O)C(=O)CO. The maximum atomic E-state index is 16.9. The molecule has 2 aliphatic heterocycles. The van der Waals surface area contributed by atoms with Gasteiger partial charge < -0.3 is 30.7 Å². The Bertz CT molecular complexity index is 2250. The van der Waals surface area contributed by atoms with Gasteiger partial charge in [0, 0.05) is 40.1 Å². The average Bonchev–Trinajstić information content (AvgIpc) is 4.00. The van der Waals surface area contributed by atoms with Gasteiger partial charge in [0.1, 0.15) is 45.6 Å². The molecule has 3 heterocycles. The highest BCUT2D eigenvalue weighted by molar-refractivity contribution is 8.14. The normalized spacial score (nSPS) is 35.5. The number of nitrogens with zero attached hydrogens (tertiary/aromatic N) is 2. The Morgan fingerprint density at radius 1 is 1.10 bits per heavy atom. The largest absolute Gasteiger partial charge is 0.456 e. The number of Topliss-reactive ketones (excluding diaryl/α,β-unsaturated/α-hetero) is 1. The summed E-state index contributed by atoms with van der Waals surface area (Å²) in [6.07, 6.45) is 13.9. The third-order valence-electron chi connectivity index (χ3n) is 15.6. The average molecular weight is 1020 g/mol. The van der Waals surface area contributed by atoms with Crippen molar-refractivity contribution in [2.24, 2.45) is 39.5 Å². The Hall–Kier alpha value is -3.55. The number of carbonyl (C=O) groups excluding carboxylic acids is 6. The molecule has 0 radical (unpaired) electrons. The number of carbonyl (C=O) groups is 6. The minimum absolute atomic E-state index is 0.0661. The minimum atomic E-state index is -1.98. The van der Waals surface area contributed by atoms with Crippen LogP contribution in [0.5, 0.6) is 0 Å². The van der Waals surface area contributed by atoms with E-state index in [-0.39, 0.29) is 53.9 Å². The van der Waals surface area contributed by atoms with E-state index in [2.05, 4.69) is 27.5 Å². The number of ketones is 2.